The first-order valence-electron chi connectivity index (χ1n) is 7.96. The molecule has 24 heavy (non-hydrogen) atoms. The number of nitrogens with one attached hydrogen (secondary N) is 1. The summed E-state index contributed by atoms with van der Waals surface area (Å²) in [6.45, 7) is 5.77. The zero-order chi connectivity index (χ0) is 17.6. The van der Waals surface area contributed by atoms with Crippen LogP contribution in [-0.2, 0) is 17.7 Å². The Labute approximate surface area is 142 Å². The van der Waals surface area contributed by atoms with Gasteiger partial charge in [0.1, 0.15) is 5.60 Å². The standard InChI is InChI=1S/C20H23NO3/c1-20(2,3)24-19(23)21-14-16-10-7-11-17(12-16)18(22)13-15-8-5-4-6-9-15/h4-12H,13-14H2,1-3H3,(H,21,23). The van der Waals surface area contributed by atoms with Crippen LogP contribution in [0.3, 0.4) is 0 Å². The van der Waals surface area contributed by atoms with E-state index in [-0.39, 0.29) is 5.78 Å². The molecule has 4 heteroatoms. The van der Waals surface area contributed by atoms with Crippen molar-refractivity contribution in [3.63, 3.8) is 0 Å². The van der Waals surface area contributed by atoms with Crippen LogP contribution in [0.1, 0.15) is 42.3 Å². The first-order valence-corrected chi connectivity index (χ1v) is 7.96. The molecule has 0 aliphatic rings. The third kappa shape index (κ3) is 5.88. The molecule has 0 aliphatic heterocycles. The van der Waals surface area contributed by atoms with Crippen LogP contribution in [0.25, 0.3) is 0 Å². The fourth-order valence-electron chi connectivity index (χ4n) is 2.23. The highest BCUT2D eigenvalue weighted by molar-refractivity contribution is 5.97. The molecule has 2 rings (SSSR count). The van der Waals surface area contributed by atoms with Crippen LogP contribution in [-0.4, -0.2) is 17.5 Å². The lowest BCUT2D eigenvalue weighted by atomic mass is 10.0. The fourth-order valence-corrected chi connectivity index (χ4v) is 2.23. The van der Waals surface area contributed by atoms with E-state index in [1.807, 2.05) is 69.3 Å². The van der Waals surface area contributed by atoms with Crippen LogP contribution in [0, 0.1) is 0 Å². The summed E-state index contributed by atoms with van der Waals surface area (Å²) < 4.78 is 5.20. The Morgan fingerprint density at radius 2 is 1.62 bits per heavy atom. The van der Waals surface area contributed by atoms with Gasteiger partial charge in [-0.15, -0.1) is 0 Å². The van der Waals surface area contributed by atoms with Gasteiger partial charge in [-0.25, -0.2) is 4.79 Å². The van der Waals surface area contributed by atoms with Crippen molar-refractivity contribution in [3.05, 3.63) is 71.3 Å². The number of Topliss-reactive ketones (excluding diaryl/α,β-unsaturated/α-hetero) is 1. The molecule has 0 spiro atoms. The first-order chi connectivity index (χ1) is 11.3. The maximum absolute atomic E-state index is 12.4. The summed E-state index contributed by atoms with van der Waals surface area (Å²) in [6, 6.07) is 16.9. The highest BCUT2D eigenvalue weighted by atomic mass is 16.6. The van der Waals surface area contributed by atoms with Crippen LogP contribution in [0.5, 0.6) is 0 Å². The number of ether oxygens (including phenoxy) is 1. The van der Waals surface area contributed by atoms with Gasteiger partial charge in [-0.2, -0.15) is 0 Å². The molecule has 2 aromatic rings. The van der Waals surface area contributed by atoms with E-state index in [1.165, 1.54) is 0 Å². The van der Waals surface area contributed by atoms with Crippen molar-refractivity contribution in [1.82, 2.24) is 5.32 Å². The van der Waals surface area contributed by atoms with Gasteiger partial charge in [-0.05, 0) is 38.0 Å². The van der Waals surface area contributed by atoms with E-state index >= 15 is 0 Å². The average molecular weight is 325 g/mol. The summed E-state index contributed by atoms with van der Waals surface area (Å²) in [7, 11) is 0. The van der Waals surface area contributed by atoms with Gasteiger partial charge < -0.3 is 10.1 Å². The molecule has 0 aliphatic carbocycles. The van der Waals surface area contributed by atoms with Gasteiger partial charge in [-0.3, -0.25) is 4.79 Å². The number of rotatable bonds is 5. The maximum Gasteiger partial charge on any atom is 0.407 e. The second-order valence-corrected chi connectivity index (χ2v) is 6.64. The number of hydrogen-bond acceptors (Lipinski definition) is 3. The smallest absolute Gasteiger partial charge is 0.407 e. The number of hydrogen-bond donors (Lipinski definition) is 1. The number of ketones is 1. The van der Waals surface area contributed by atoms with E-state index < -0.39 is 11.7 Å². The highest BCUT2D eigenvalue weighted by Gasteiger charge is 2.15. The molecule has 0 radical (unpaired) electrons. The second-order valence-electron chi connectivity index (χ2n) is 6.64. The molecule has 2 aromatic carbocycles. The molecule has 4 nitrogen and oxygen atoms in total. The Balaban J connectivity index is 1.96. The lowest BCUT2D eigenvalue weighted by Gasteiger charge is -2.19. The second kappa shape index (κ2) is 7.77. The molecule has 1 N–H and O–H groups in total. The number of carbonyl (C=O) groups is 2. The third-order valence-corrected chi connectivity index (χ3v) is 3.29. The molecule has 0 atom stereocenters. The molecule has 0 aromatic heterocycles. The molecule has 0 saturated carbocycles. The lowest BCUT2D eigenvalue weighted by Crippen LogP contribution is -2.32. The molecule has 0 bridgehead atoms. The largest absolute Gasteiger partial charge is 0.444 e. The highest BCUT2D eigenvalue weighted by Crippen LogP contribution is 2.11. The van der Waals surface area contributed by atoms with Gasteiger partial charge >= 0.3 is 6.09 Å². The Bertz CT molecular complexity index is 702. The Morgan fingerprint density at radius 3 is 2.29 bits per heavy atom. The third-order valence-electron chi connectivity index (χ3n) is 3.29. The summed E-state index contributed by atoms with van der Waals surface area (Å²) in [5.74, 6) is 0.0559. The zero-order valence-corrected chi connectivity index (χ0v) is 14.3. The maximum atomic E-state index is 12.4. The minimum Gasteiger partial charge on any atom is -0.444 e. The van der Waals surface area contributed by atoms with Crippen LogP contribution >= 0.6 is 0 Å². The van der Waals surface area contributed by atoms with Crippen molar-refractivity contribution >= 4 is 11.9 Å². The first kappa shape index (κ1) is 17.7. The normalized spacial score (nSPS) is 11.0. The lowest BCUT2D eigenvalue weighted by molar-refractivity contribution is 0.0523. The number of carbonyl (C=O) groups excluding carboxylic acids is 2. The van der Waals surface area contributed by atoms with Gasteiger partial charge in [-0.1, -0.05) is 48.5 Å². The van der Waals surface area contributed by atoms with Gasteiger partial charge in [0.2, 0.25) is 0 Å². The fraction of sp³-hybridized carbons (Fsp3) is 0.300. The number of benzene rings is 2. The Kier molecular flexibility index (Phi) is 5.74. The van der Waals surface area contributed by atoms with E-state index in [0.29, 0.717) is 18.5 Å². The Morgan fingerprint density at radius 1 is 0.958 bits per heavy atom. The quantitative estimate of drug-likeness (QED) is 0.841. The van der Waals surface area contributed by atoms with Crippen molar-refractivity contribution in [2.75, 3.05) is 0 Å². The minimum absolute atomic E-state index is 0.0559. The summed E-state index contributed by atoms with van der Waals surface area (Å²) in [6.07, 6.45) is -0.104. The van der Waals surface area contributed by atoms with E-state index in [1.54, 1.807) is 6.07 Å². The predicted molar refractivity (Wildman–Crippen MR) is 94.0 cm³/mol. The van der Waals surface area contributed by atoms with E-state index in [4.69, 9.17) is 4.74 Å². The minimum atomic E-state index is -0.530. The van der Waals surface area contributed by atoms with Crippen molar-refractivity contribution in [2.24, 2.45) is 0 Å². The Hall–Kier alpha value is -2.62. The molecular formula is C20H23NO3. The van der Waals surface area contributed by atoms with E-state index in [9.17, 15) is 9.59 Å². The van der Waals surface area contributed by atoms with Crippen molar-refractivity contribution in [2.45, 2.75) is 39.3 Å². The molecule has 126 valence electrons. The van der Waals surface area contributed by atoms with Crippen LogP contribution < -0.4 is 5.32 Å². The monoisotopic (exact) mass is 325 g/mol. The van der Waals surface area contributed by atoms with Gasteiger partial charge in [0.25, 0.3) is 0 Å². The number of amides is 1. The van der Waals surface area contributed by atoms with Crippen molar-refractivity contribution < 1.29 is 14.3 Å². The van der Waals surface area contributed by atoms with E-state index in [2.05, 4.69) is 5.32 Å². The SMILES string of the molecule is CC(C)(C)OC(=O)NCc1cccc(C(=O)Cc2ccccc2)c1. The van der Waals surface area contributed by atoms with Crippen LogP contribution in [0.15, 0.2) is 54.6 Å². The zero-order valence-electron chi connectivity index (χ0n) is 14.3. The molecule has 0 unspecified atom stereocenters. The summed E-state index contributed by atoms with van der Waals surface area (Å²) in [4.78, 5) is 24.1. The molecule has 0 fully saturated rings. The van der Waals surface area contributed by atoms with Crippen LogP contribution in [0.4, 0.5) is 4.79 Å². The molecule has 0 heterocycles. The van der Waals surface area contributed by atoms with Gasteiger partial charge in [0.15, 0.2) is 5.78 Å². The van der Waals surface area contributed by atoms with Gasteiger partial charge in [0.05, 0.1) is 0 Å². The topological polar surface area (TPSA) is 55.4 Å². The molecule has 1 amide bonds. The predicted octanol–water partition coefficient (Wildman–Crippen LogP) is 4.14. The van der Waals surface area contributed by atoms with Gasteiger partial charge in [0, 0.05) is 18.5 Å². The summed E-state index contributed by atoms with van der Waals surface area (Å²) in [5, 5.41) is 2.70. The average Bonchev–Trinajstić information content (AvgIpc) is 2.52. The summed E-state index contributed by atoms with van der Waals surface area (Å²) in [5.41, 5.74) is 1.96. The van der Waals surface area contributed by atoms with Crippen molar-refractivity contribution in [3.8, 4) is 0 Å². The number of alkyl carbamates (subject to hydrolysis) is 1. The van der Waals surface area contributed by atoms with Crippen LogP contribution in [0.2, 0.25) is 0 Å². The molecular weight excluding hydrogens is 302 g/mol. The molecule has 0 saturated heterocycles. The van der Waals surface area contributed by atoms with Crippen molar-refractivity contribution in [1.29, 1.82) is 0 Å². The summed E-state index contributed by atoms with van der Waals surface area (Å²) >= 11 is 0. The van der Waals surface area contributed by atoms with E-state index in [0.717, 1.165) is 11.1 Å².